The Morgan fingerprint density at radius 3 is 2.64 bits per heavy atom. The lowest BCUT2D eigenvalue weighted by Gasteiger charge is -2.18. The quantitative estimate of drug-likeness (QED) is 0.744. The first kappa shape index (κ1) is 9.56. The first-order chi connectivity index (χ1) is 6.49. The van der Waals surface area contributed by atoms with E-state index in [1.165, 1.54) is 12.8 Å². The van der Waals surface area contributed by atoms with Crippen molar-refractivity contribution in [1.82, 2.24) is 9.78 Å². The Bertz CT molecular complexity index is 327. The highest BCUT2D eigenvalue weighted by Gasteiger charge is 2.38. The predicted molar refractivity (Wildman–Crippen MR) is 57.9 cm³/mol. The maximum Gasteiger partial charge on any atom is 0.121 e. The van der Waals surface area contributed by atoms with Gasteiger partial charge in [0.15, 0.2) is 0 Å². The van der Waals surface area contributed by atoms with E-state index < -0.39 is 0 Å². The van der Waals surface area contributed by atoms with Gasteiger partial charge in [0.25, 0.3) is 0 Å². The second-order valence-corrected chi connectivity index (χ2v) is 5.32. The predicted octanol–water partition coefficient (Wildman–Crippen LogP) is 2.46. The van der Waals surface area contributed by atoms with Gasteiger partial charge in [0, 0.05) is 0 Å². The van der Waals surface area contributed by atoms with Gasteiger partial charge in [-0.1, -0.05) is 20.8 Å². The summed E-state index contributed by atoms with van der Waals surface area (Å²) in [5.74, 6) is 1.46. The molecule has 1 aromatic rings. The number of nitrogen functional groups attached to an aromatic ring is 1. The van der Waals surface area contributed by atoms with Gasteiger partial charge in [-0.15, -0.1) is 0 Å². The zero-order valence-corrected chi connectivity index (χ0v) is 9.20. The first-order valence-corrected chi connectivity index (χ1v) is 5.28. The normalized spacial score (nSPS) is 30.8. The zero-order chi connectivity index (χ0) is 10.3. The summed E-state index contributed by atoms with van der Waals surface area (Å²) in [6.45, 7) is 6.94. The maximum absolute atomic E-state index is 5.87. The first-order valence-electron chi connectivity index (χ1n) is 5.28. The molecule has 0 radical (unpaired) electrons. The van der Waals surface area contributed by atoms with Crippen LogP contribution in [-0.4, -0.2) is 9.78 Å². The molecule has 2 atom stereocenters. The van der Waals surface area contributed by atoms with Crippen molar-refractivity contribution in [1.29, 1.82) is 0 Å². The SMILES string of the molecule is CC1CC(C)(C)CC1n1nccc1N. The van der Waals surface area contributed by atoms with Crippen LogP contribution in [0.2, 0.25) is 0 Å². The number of nitrogens with zero attached hydrogens (tertiary/aromatic N) is 2. The minimum atomic E-state index is 0.433. The van der Waals surface area contributed by atoms with Crippen LogP contribution >= 0.6 is 0 Å². The Balaban J connectivity index is 2.25. The van der Waals surface area contributed by atoms with Crippen molar-refractivity contribution in [3.63, 3.8) is 0 Å². The van der Waals surface area contributed by atoms with Crippen LogP contribution < -0.4 is 5.73 Å². The molecule has 0 amide bonds. The van der Waals surface area contributed by atoms with E-state index in [4.69, 9.17) is 5.73 Å². The van der Waals surface area contributed by atoms with Crippen LogP contribution in [0.1, 0.15) is 39.7 Å². The molecule has 1 saturated carbocycles. The van der Waals surface area contributed by atoms with Gasteiger partial charge in [0.2, 0.25) is 0 Å². The van der Waals surface area contributed by atoms with Crippen molar-refractivity contribution in [3.05, 3.63) is 12.3 Å². The number of nitrogens with two attached hydrogens (primary N) is 1. The summed E-state index contributed by atoms with van der Waals surface area (Å²) in [5, 5.41) is 4.31. The molecule has 1 heterocycles. The van der Waals surface area contributed by atoms with E-state index in [-0.39, 0.29) is 0 Å². The third-order valence-corrected chi connectivity index (χ3v) is 3.31. The van der Waals surface area contributed by atoms with Gasteiger partial charge in [-0.25, -0.2) is 4.68 Å². The molecule has 14 heavy (non-hydrogen) atoms. The van der Waals surface area contributed by atoms with E-state index >= 15 is 0 Å². The van der Waals surface area contributed by atoms with Crippen molar-refractivity contribution < 1.29 is 0 Å². The van der Waals surface area contributed by atoms with Crippen molar-refractivity contribution in [3.8, 4) is 0 Å². The highest BCUT2D eigenvalue weighted by Crippen LogP contribution is 2.47. The largest absolute Gasteiger partial charge is 0.384 e. The molecule has 0 aromatic carbocycles. The molecule has 0 saturated heterocycles. The van der Waals surface area contributed by atoms with Crippen LogP contribution in [0.25, 0.3) is 0 Å². The summed E-state index contributed by atoms with van der Waals surface area (Å²) in [7, 11) is 0. The molecular formula is C11H19N3. The van der Waals surface area contributed by atoms with Gasteiger partial charge >= 0.3 is 0 Å². The standard InChI is InChI=1S/C11H19N3/c1-8-6-11(2,3)7-9(8)14-10(12)4-5-13-14/h4-5,8-9H,6-7,12H2,1-3H3. The topological polar surface area (TPSA) is 43.8 Å². The van der Waals surface area contributed by atoms with Gasteiger partial charge in [0.1, 0.15) is 5.82 Å². The van der Waals surface area contributed by atoms with Crippen LogP contribution in [0.4, 0.5) is 5.82 Å². The molecular weight excluding hydrogens is 174 g/mol. The fraction of sp³-hybridized carbons (Fsp3) is 0.727. The maximum atomic E-state index is 5.87. The summed E-state index contributed by atoms with van der Waals surface area (Å²) in [5.41, 5.74) is 6.30. The van der Waals surface area contributed by atoms with Crippen LogP contribution in [0.15, 0.2) is 12.3 Å². The van der Waals surface area contributed by atoms with Crippen molar-refractivity contribution in [2.45, 2.75) is 39.7 Å². The second kappa shape index (κ2) is 3.01. The molecule has 0 spiro atoms. The second-order valence-electron chi connectivity index (χ2n) is 5.32. The van der Waals surface area contributed by atoms with E-state index in [2.05, 4.69) is 25.9 Å². The number of aromatic nitrogens is 2. The van der Waals surface area contributed by atoms with E-state index in [1.807, 2.05) is 10.7 Å². The molecule has 2 rings (SSSR count). The van der Waals surface area contributed by atoms with E-state index in [0.29, 0.717) is 17.4 Å². The van der Waals surface area contributed by atoms with Crippen molar-refractivity contribution in [2.24, 2.45) is 11.3 Å². The Hall–Kier alpha value is -0.990. The van der Waals surface area contributed by atoms with Gasteiger partial charge in [-0.05, 0) is 30.2 Å². The lowest BCUT2D eigenvalue weighted by atomic mass is 9.91. The van der Waals surface area contributed by atoms with Crippen LogP contribution in [0.5, 0.6) is 0 Å². The summed E-state index contributed by atoms with van der Waals surface area (Å²) in [6.07, 6.45) is 4.23. The molecule has 3 heteroatoms. The molecule has 78 valence electrons. The average molecular weight is 193 g/mol. The van der Waals surface area contributed by atoms with E-state index in [9.17, 15) is 0 Å². The van der Waals surface area contributed by atoms with Crippen LogP contribution in [0, 0.1) is 11.3 Å². The molecule has 1 fully saturated rings. The third kappa shape index (κ3) is 1.51. The summed E-state index contributed by atoms with van der Waals surface area (Å²) in [4.78, 5) is 0. The number of hydrogen-bond donors (Lipinski definition) is 1. The molecule has 0 bridgehead atoms. The molecule has 1 aromatic heterocycles. The number of rotatable bonds is 1. The van der Waals surface area contributed by atoms with E-state index in [0.717, 1.165) is 5.82 Å². The van der Waals surface area contributed by atoms with Gasteiger partial charge in [0.05, 0.1) is 12.2 Å². The van der Waals surface area contributed by atoms with Gasteiger partial charge in [-0.2, -0.15) is 5.10 Å². The van der Waals surface area contributed by atoms with E-state index in [1.54, 1.807) is 6.20 Å². The smallest absolute Gasteiger partial charge is 0.121 e. The van der Waals surface area contributed by atoms with Crippen molar-refractivity contribution in [2.75, 3.05) is 5.73 Å². The Labute approximate surface area is 85.3 Å². The Morgan fingerprint density at radius 1 is 1.50 bits per heavy atom. The van der Waals surface area contributed by atoms with Crippen LogP contribution in [0.3, 0.4) is 0 Å². The fourth-order valence-electron chi connectivity index (χ4n) is 2.79. The van der Waals surface area contributed by atoms with Gasteiger partial charge < -0.3 is 5.73 Å². The Kier molecular flexibility index (Phi) is 2.05. The minimum Gasteiger partial charge on any atom is -0.384 e. The monoisotopic (exact) mass is 193 g/mol. The highest BCUT2D eigenvalue weighted by molar-refractivity contribution is 5.27. The highest BCUT2D eigenvalue weighted by atomic mass is 15.3. The number of hydrogen-bond acceptors (Lipinski definition) is 2. The molecule has 1 aliphatic rings. The molecule has 2 N–H and O–H groups in total. The molecule has 1 aliphatic carbocycles. The number of anilines is 1. The summed E-state index contributed by atoms with van der Waals surface area (Å²) < 4.78 is 1.99. The Morgan fingerprint density at radius 2 is 2.21 bits per heavy atom. The third-order valence-electron chi connectivity index (χ3n) is 3.31. The lowest BCUT2D eigenvalue weighted by molar-refractivity contribution is 0.350. The molecule has 0 aliphatic heterocycles. The summed E-state index contributed by atoms with van der Waals surface area (Å²) in [6, 6.07) is 2.36. The lowest BCUT2D eigenvalue weighted by Crippen LogP contribution is -2.15. The summed E-state index contributed by atoms with van der Waals surface area (Å²) >= 11 is 0. The molecule has 3 nitrogen and oxygen atoms in total. The zero-order valence-electron chi connectivity index (χ0n) is 9.20. The minimum absolute atomic E-state index is 0.433. The van der Waals surface area contributed by atoms with Crippen LogP contribution in [-0.2, 0) is 0 Å². The fourth-order valence-corrected chi connectivity index (χ4v) is 2.79. The molecule has 2 unspecified atom stereocenters. The van der Waals surface area contributed by atoms with Gasteiger partial charge in [-0.3, -0.25) is 0 Å². The average Bonchev–Trinajstić information content (AvgIpc) is 2.55. The van der Waals surface area contributed by atoms with Crippen molar-refractivity contribution >= 4 is 5.82 Å².